The minimum absolute atomic E-state index is 0.139. The first-order valence-corrected chi connectivity index (χ1v) is 7.97. The summed E-state index contributed by atoms with van der Waals surface area (Å²) in [7, 11) is -3.28. The van der Waals surface area contributed by atoms with Gasteiger partial charge in [0.2, 0.25) is 15.9 Å². The zero-order valence-corrected chi connectivity index (χ0v) is 12.3. The van der Waals surface area contributed by atoms with Gasteiger partial charge in [-0.25, -0.2) is 8.42 Å². The number of nitrogens with zero attached hydrogens (tertiary/aromatic N) is 1. The molecule has 0 unspecified atom stereocenters. The molecule has 0 spiro atoms. The number of amides is 1. The van der Waals surface area contributed by atoms with E-state index in [2.05, 4.69) is 5.32 Å². The number of sulfonamides is 1. The number of carbonyl (C=O) groups excluding carboxylic acids is 1. The molecule has 0 heterocycles. The molecule has 1 amide bonds. The largest absolute Gasteiger partial charge is 0.326 e. The van der Waals surface area contributed by atoms with Gasteiger partial charge in [0.1, 0.15) is 0 Å². The number of anilines is 1. The molecule has 1 N–H and O–H groups in total. The van der Waals surface area contributed by atoms with E-state index in [0.29, 0.717) is 5.69 Å². The van der Waals surface area contributed by atoms with Gasteiger partial charge in [-0.15, -0.1) is 0 Å². The van der Waals surface area contributed by atoms with Crippen LogP contribution in [-0.4, -0.2) is 37.5 Å². The third-order valence-corrected chi connectivity index (χ3v) is 4.07. The van der Waals surface area contributed by atoms with Crippen LogP contribution in [0.4, 0.5) is 5.69 Å². The van der Waals surface area contributed by atoms with Crippen LogP contribution in [0.15, 0.2) is 30.3 Å². The third kappa shape index (κ3) is 5.40. The lowest BCUT2D eigenvalue weighted by Gasteiger charge is -2.23. The highest BCUT2D eigenvalue weighted by Gasteiger charge is 2.20. The molecular formula is C13H20N2O3S. The smallest absolute Gasteiger partial charge is 0.225 e. The fourth-order valence-corrected chi connectivity index (χ4v) is 2.95. The van der Waals surface area contributed by atoms with Crippen molar-refractivity contribution in [3.8, 4) is 0 Å². The van der Waals surface area contributed by atoms with Crippen LogP contribution < -0.4 is 5.32 Å². The number of hydrogen-bond acceptors (Lipinski definition) is 3. The molecule has 0 fully saturated rings. The number of benzene rings is 1. The fourth-order valence-electron chi connectivity index (χ4n) is 1.76. The lowest BCUT2D eigenvalue weighted by molar-refractivity contribution is -0.116. The third-order valence-electron chi connectivity index (χ3n) is 2.62. The molecule has 5 nitrogen and oxygen atoms in total. The van der Waals surface area contributed by atoms with Gasteiger partial charge in [-0.2, -0.15) is 4.31 Å². The fraction of sp³-hybridized carbons (Fsp3) is 0.462. The van der Waals surface area contributed by atoms with Crippen molar-refractivity contribution >= 4 is 21.6 Å². The second-order valence-corrected chi connectivity index (χ2v) is 6.57. The Bertz CT molecular complexity index is 512. The average molecular weight is 284 g/mol. The normalized spacial score (nSPS) is 11.8. The van der Waals surface area contributed by atoms with Crippen molar-refractivity contribution in [2.75, 3.05) is 18.1 Å². The van der Waals surface area contributed by atoms with E-state index in [-0.39, 0.29) is 24.9 Å². The number of hydrogen-bond donors (Lipinski definition) is 1. The highest BCUT2D eigenvalue weighted by Crippen LogP contribution is 2.08. The Kier molecular flexibility index (Phi) is 5.50. The highest BCUT2D eigenvalue weighted by atomic mass is 32.2. The van der Waals surface area contributed by atoms with Crippen molar-refractivity contribution in [3.63, 3.8) is 0 Å². The molecular weight excluding hydrogens is 264 g/mol. The molecule has 6 heteroatoms. The van der Waals surface area contributed by atoms with Crippen LogP contribution in [0.2, 0.25) is 0 Å². The van der Waals surface area contributed by atoms with Gasteiger partial charge < -0.3 is 5.32 Å². The molecule has 0 radical (unpaired) electrons. The Morgan fingerprint density at radius 2 is 1.84 bits per heavy atom. The Morgan fingerprint density at radius 1 is 1.26 bits per heavy atom. The van der Waals surface area contributed by atoms with Crippen LogP contribution in [0, 0.1) is 0 Å². The topological polar surface area (TPSA) is 66.5 Å². The summed E-state index contributed by atoms with van der Waals surface area (Å²) in [4.78, 5) is 11.7. The molecule has 0 saturated carbocycles. The molecule has 0 saturated heterocycles. The van der Waals surface area contributed by atoms with Crippen LogP contribution in [0.1, 0.15) is 20.3 Å². The van der Waals surface area contributed by atoms with Gasteiger partial charge in [-0.05, 0) is 26.0 Å². The van der Waals surface area contributed by atoms with E-state index < -0.39 is 10.0 Å². The maximum absolute atomic E-state index is 11.7. The zero-order chi connectivity index (χ0) is 14.5. The lowest BCUT2D eigenvalue weighted by Crippen LogP contribution is -2.38. The first-order valence-electron chi connectivity index (χ1n) is 6.12. The monoisotopic (exact) mass is 284 g/mol. The first-order chi connectivity index (χ1) is 8.80. The Balaban J connectivity index is 2.54. The van der Waals surface area contributed by atoms with E-state index in [1.54, 1.807) is 26.0 Å². The standard InChI is InChI=1S/C13H20N2O3S/c1-11(2)15(19(3,17)18)10-9-13(16)14-12-7-5-4-6-8-12/h4-8,11H,9-10H2,1-3H3,(H,14,16). The SMILES string of the molecule is CC(C)N(CCC(=O)Nc1ccccc1)S(C)(=O)=O. The van der Waals surface area contributed by atoms with Gasteiger partial charge in [0.05, 0.1) is 6.26 Å². The molecule has 1 aromatic rings. The molecule has 106 valence electrons. The summed E-state index contributed by atoms with van der Waals surface area (Å²) in [6.45, 7) is 3.77. The molecule has 1 rings (SSSR count). The summed E-state index contributed by atoms with van der Waals surface area (Å²) in [6.07, 6.45) is 1.29. The van der Waals surface area contributed by atoms with Crippen LogP contribution >= 0.6 is 0 Å². The number of carbonyl (C=O) groups is 1. The zero-order valence-electron chi connectivity index (χ0n) is 11.5. The van der Waals surface area contributed by atoms with Crippen molar-refractivity contribution in [2.45, 2.75) is 26.3 Å². The van der Waals surface area contributed by atoms with Crippen molar-refractivity contribution in [3.05, 3.63) is 30.3 Å². The van der Waals surface area contributed by atoms with Gasteiger partial charge in [-0.3, -0.25) is 4.79 Å². The van der Waals surface area contributed by atoms with E-state index in [4.69, 9.17) is 0 Å². The van der Waals surface area contributed by atoms with Crippen molar-refractivity contribution < 1.29 is 13.2 Å². The van der Waals surface area contributed by atoms with Crippen LogP contribution in [0.3, 0.4) is 0 Å². The van der Waals surface area contributed by atoms with E-state index in [9.17, 15) is 13.2 Å². The van der Waals surface area contributed by atoms with Crippen LogP contribution in [-0.2, 0) is 14.8 Å². The van der Waals surface area contributed by atoms with E-state index in [0.717, 1.165) is 6.26 Å². The first kappa shape index (κ1) is 15.7. The van der Waals surface area contributed by atoms with E-state index in [1.165, 1.54) is 4.31 Å². The molecule has 0 bridgehead atoms. The number of rotatable bonds is 6. The predicted molar refractivity (Wildman–Crippen MR) is 76.4 cm³/mol. The molecule has 1 aromatic carbocycles. The van der Waals surface area contributed by atoms with Crippen molar-refractivity contribution in [1.29, 1.82) is 0 Å². The summed E-state index contributed by atoms with van der Waals surface area (Å²) in [5.41, 5.74) is 0.711. The van der Waals surface area contributed by atoms with Gasteiger partial charge in [0, 0.05) is 24.7 Å². The van der Waals surface area contributed by atoms with Gasteiger partial charge in [0.15, 0.2) is 0 Å². The number of nitrogens with one attached hydrogen (secondary N) is 1. The summed E-state index contributed by atoms with van der Waals surface area (Å²) < 4.78 is 24.4. The van der Waals surface area contributed by atoms with Gasteiger partial charge >= 0.3 is 0 Å². The molecule has 0 aliphatic carbocycles. The minimum atomic E-state index is -3.28. The minimum Gasteiger partial charge on any atom is -0.326 e. The van der Waals surface area contributed by atoms with Gasteiger partial charge in [-0.1, -0.05) is 18.2 Å². The quantitative estimate of drug-likeness (QED) is 0.864. The second-order valence-electron chi connectivity index (χ2n) is 4.63. The second kappa shape index (κ2) is 6.68. The van der Waals surface area contributed by atoms with Crippen molar-refractivity contribution in [2.24, 2.45) is 0 Å². The summed E-state index contributed by atoms with van der Waals surface area (Å²) in [5, 5.41) is 2.73. The summed E-state index contributed by atoms with van der Waals surface area (Å²) >= 11 is 0. The summed E-state index contributed by atoms with van der Waals surface area (Å²) in [6, 6.07) is 8.93. The Hall–Kier alpha value is -1.40. The van der Waals surface area contributed by atoms with Crippen LogP contribution in [0.25, 0.3) is 0 Å². The van der Waals surface area contributed by atoms with Gasteiger partial charge in [0.25, 0.3) is 0 Å². The molecule has 0 aliphatic heterocycles. The van der Waals surface area contributed by atoms with E-state index >= 15 is 0 Å². The summed E-state index contributed by atoms with van der Waals surface area (Å²) in [5.74, 6) is -0.194. The lowest BCUT2D eigenvalue weighted by atomic mass is 10.3. The van der Waals surface area contributed by atoms with Crippen molar-refractivity contribution in [1.82, 2.24) is 4.31 Å². The highest BCUT2D eigenvalue weighted by molar-refractivity contribution is 7.88. The molecule has 19 heavy (non-hydrogen) atoms. The Morgan fingerprint density at radius 3 is 2.32 bits per heavy atom. The average Bonchev–Trinajstić information content (AvgIpc) is 2.28. The molecule has 0 atom stereocenters. The van der Waals surface area contributed by atoms with Crippen LogP contribution in [0.5, 0.6) is 0 Å². The van der Waals surface area contributed by atoms with E-state index in [1.807, 2.05) is 18.2 Å². The Labute approximate surface area is 114 Å². The number of para-hydroxylation sites is 1. The maximum atomic E-state index is 11.7. The molecule has 0 aliphatic rings. The maximum Gasteiger partial charge on any atom is 0.225 e. The predicted octanol–water partition coefficient (Wildman–Crippen LogP) is 1.69. The molecule has 0 aromatic heterocycles.